The van der Waals surface area contributed by atoms with Crippen molar-refractivity contribution in [2.45, 2.75) is 31.3 Å². The molecule has 2 atom stereocenters. The van der Waals surface area contributed by atoms with E-state index in [9.17, 15) is 9.59 Å². The molecule has 0 saturated carbocycles. The van der Waals surface area contributed by atoms with Gasteiger partial charge in [0.15, 0.2) is 0 Å². The summed E-state index contributed by atoms with van der Waals surface area (Å²) >= 11 is 5.91. The number of carbonyl (C=O) groups excluding carboxylic acids is 1. The monoisotopic (exact) mass is 319 g/mol. The van der Waals surface area contributed by atoms with Crippen LogP contribution in [-0.4, -0.2) is 27.9 Å². The molecule has 1 aromatic rings. The van der Waals surface area contributed by atoms with E-state index in [0.717, 1.165) is 24.5 Å². The van der Waals surface area contributed by atoms with E-state index in [0.29, 0.717) is 5.02 Å². The van der Waals surface area contributed by atoms with Gasteiger partial charge in [-0.25, -0.2) is 4.79 Å². The Morgan fingerprint density at radius 2 is 2.00 bits per heavy atom. The minimum atomic E-state index is -1.01. The van der Waals surface area contributed by atoms with Gasteiger partial charge >= 0.3 is 5.97 Å². The Balaban J connectivity index is 2.28. The third-order valence-electron chi connectivity index (χ3n) is 3.75. The minimum absolute atomic E-state index is 0.0486. The Kier molecular flexibility index (Phi) is 5.39. The van der Waals surface area contributed by atoms with Gasteiger partial charge in [0.05, 0.1) is 12.1 Å². The Morgan fingerprint density at radius 3 is 2.59 bits per heavy atom. The molecule has 0 aliphatic carbocycles. The van der Waals surface area contributed by atoms with E-state index in [-0.39, 0.29) is 24.4 Å². The van der Waals surface area contributed by atoms with Crippen LogP contribution >= 0.6 is 11.6 Å². The zero-order chi connectivity index (χ0) is 16.1. The Morgan fingerprint density at radius 1 is 1.32 bits per heavy atom. The maximum Gasteiger partial charge on any atom is 0.328 e. The number of hydrogen-bond acceptors (Lipinski definition) is 2. The average Bonchev–Trinajstić information content (AvgIpc) is 2.90. The highest BCUT2D eigenvalue weighted by Gasteiger charge is 2.35. The number of hydrogen-bond donors (Lipinski definition) is 1. The lowest BCUT2D eigenvalue weighted by Crippen LogP contribution is -2.36. The highest BCUT2D eigenvalue weighted by molar-refractivity contribution is 6.30. The Hall–Kier alpha value is -2.07. The van der Waals surface area contributed by atoms with E-state index in [2.05, 4.69) is 6.58 Å². The summed E-state index contributed by atoms with van der Waals surface area (Å²) in [7, 11) is 0. The summed E-state index contributed by atoms with van der Waals surface area (Å²) in [6, 6.07) is 7.15. The number of carboxylic acid groups (broad SMARTS) is 1. The van der Waals surface area contributed by atoms with Crippen molar-refractivity contribution in [3.63, 3.8) is 0 Å². The number of rotatable bonds is 5. The first kappa shape index (κ1) is 16.3. The van der Waals surface area contributed by atoms with Crippen LogP contribution in [0.25, 0.3) is 0 Å². The molecular formula is C17H18ClNO3. The number of carbonyl (C=O) groups is 2. The molecule has 0 unspecified atom stereocenters. The van der Waals surface area contributed by atoms with Crippen molar-refractivity contribution >= 4 is 23.5 Å². The first-order chi connectivity index (χ1) is 10.5. The quantitative estimate of drug-likeness (QED) is 0.666. The van der Waals surface area contributed by atoms with E-state index >= 15 is 0 Å². The Labute approximate surface area is 134 Å². The zero-order valence-corrected chi connectivity index (χ0v) is 12.9. The molecule has 0 bridgehead atoms. The number of aliphatic carboxylic acids is 1. The maximum atomic E-state index is 12.4. The summed E-state index contributed by atoms with van der Waals surface area (Å²) in [6.45, 7) is 3.60. The van der Waals surface area contributed by atoms with Crippen molar-refractivity contribution in [1.29, 1.82) is 0 Å². The maximum absolute atomic E-state index is 12.4. The molecular weight excluding hydrogens is 302 g/mol. The van der Waals surface area contributed by atoms with Gasteiger partial charge in [-0.15, -0.1) is 6.58 Å². The van der Waals surface area contributed by atoms with Gasteiger partial charge < -0.3 is 10.0 Å². The molecule has 0 aromatic heterocycles. The second-order valence-corrected chi connectivity index (χ2v) is 5.64. The van der Waals surface area contributed by atoms with Crippen molar-refractivity contribution in [2.24, 2.45) is 0 Å². The van der Waals surface area contributed by atoms with E-state index in [1.165, 1.54) is 0 Å². The van der Waals surface area contributed by atoms with Crippen LogP contribution in [0, 0.1) is 0 Å². The lowest BCUT2D eigenvalue weighted by atomic mass is 10.0. The predicted molar refractivity (Wildman–Crippen MR) is 85.7 cm³/mol. The SMILES string of the molecule is C=CCC(=O)N1[C@@H](C=CC(=O)O)CC[C@H]1c1ccc(Cl)cc1. The second kappa shape index (κ2) is 7.27. The van der Waals surface area contributed by atoms with Crippen LogP contribution in [0.5, 0.6) is 0 Å². The van der Waals surface area contributed by atoms with Crippen LogP contribution in [-0.2, 0) is 9.59 Å². The van der Waals surface area contributed by atoms with E-state index in [1.807, 2.05) is 12.1 Å². The minimum Gasteiger partial charge on any atom is -0.478 e. The number of carboxylic acids is 1. The highest BCUT2D eigenvalue weighted by atomic mass is 35.5. The van der Waals surface area contributed by atoms with Gasteiger partial charge in [0.2, 0.25) is 5.91 Å². The summed E-state index contributed by atoms with van der Waals surface area (Å²) < 4.78 is 0. The first-order valence-corrected chi connectivity index (χ1v) is 7.49. The molecule has 1 amide bonds. The van der Waals surface area contributed by atoms with Gasteiger partial charge in [-0.3, -0.25) is 4.79 Å². The fourth-order valence-corrected chi connectivity index (χ4v) is 2.95. The molecule has 4 nitrogen and oxygen atoms in total. The molecule has 2 rings (SSSR count). The van der Waals surface area contributed by atoms with E-state index in [1.54, 1.807) is 29.2 Å². The van der Waals surface area contributed by atoms with Crippen LogP contribution in [0.2, 0.25) is 5.02 Å². The Bertz CT molecular complexity index is 594. The fraction of sp³-hybridized carbons (Fsp3) is 0.294. The average molecular weight is 320 g/mol. The molecule has 1 fully saturated rings. The number of likely N-dealkylation sites (tertiary alicyclic amines) is 1. The van der Waals surface area contributed by atoms with Crippen molar-refractivity contribution in [3.05, 3.63) is 59.7 Å². The largest absolute Gasteiger partial charge is 0.478 e. The van der Waals surface area contributed by atoms with Crippen molar-refractivity contribution < 1.29 is 14.7 Å². The first-order valence-electron chi connectivity index (χ1n) is 7.11. The number of nitrogens with zero attached hydrogens (tertiary/aromatic N) is 1. The third kappa shape index (κ3) is 3.77. The fourth-order valence-electron chi connectivity index (χ4n) is 2.82. The van der Waals surface area contributed by atoms with Crippen molar-refractivity contribution in [3.8, 4) is 0 Å². The lowest BCUT2D eigenvalue weighted by Gasteiger charge is -2.29. The van der Waals surface area contributed by atoms with Crippen LogP contribution < -0.4 is 0 Å². The molecule has 0 spiro atoms. The van der Waals surface area contributed by atoms with Gasteiger partial charge in [0.25, 0.3) is 0 Å². The van der Waals surface area contributed by atoms with Crippen LogP contribution in [0.1, 0.15) is 30.9 Å². The molecule has 0 radical (unpaired) electrons. The zero-order valence-electron chi connectivity index (χ0n) is 12.1. The normalized spacial score (nSPS) is 21.2. The number of halogens is 1. The number of amides is 1. The summed E-state index contributed by atoms with van der Waals surface area (Å²) in [5.41, 5.74) is 1.01. The molecule has 1 heterocycles. The molecule has 1 N–H and O–H groups in total. The summed E-state index contributed by atoms with van der Waals surface area (Å²) in [6.07, 6.45) is 6.01. The van der Waals surface area contributed by atoms with E-state index in [4.69, 9.17) is 16.7 Å². The second-order valence-electron chi connectivity index (χ2n) is 5.20. The lowest BCUT2D eigenvalue weighted by molar-refractivity contribution is -0.133. The third-order valence-corrected chi connectivity index (χ3v) is 4.00. The number of benzene rings is 1. The molecule has 116 valence electrons. The van der Waals surface area contributed by atoms with Gasteiger partial charge in [0, 0.05) is 17.5 Å². The molecule has 1 aliphatic rings. The van der Waals surface area contributed by atoms with Crippen molar-refractivity contribution in [2.75, 3.05) is 0 Å². The standard InChI is InChI=1S/C17H18ClNO3/c1-2-3-16(20)19-14(9-11-17(21)22)8-10-15(19)12-4-6-13(18)7-5-12/h2,4-7,9,11,14-15H,1,3,8,10H2,(H,21,22)/t14-,15+/m1/s1. The van der Waals surface area contributed by atoms with Crippen LogP contribution in [0.3, 0.4) is 0 Å². The van der Waals surface area contributed by atoms with Gasteiger partial charge in [0.1, 0.15) is 0 Å². The molecule has 22 heavy (non-hydrogen) atoms. The van der Waals surface area contributed by atoms with Gasteiger partial charge in [-0.05, 0) is 30.5 Å². The van der Waals surface area contributed by atoms with E-state index < -0.39 is 5.97 Å². The molecule has 1 aromatic carbocycles. The molecule has 1 aliphatic heterocycles. The smallest absolute Gasteiger partial charge is 0.328 e. The van der Waals surface area contributed by atoms with Crippen LogP contribution in [0.15, 0.2) is 49.1 Å². The topological polar surface area (TPSA) is 57.6 Å². The molecule has 1 saturated heterocycles. The van der Waals surface area contributed by atoms with Gasteiger partial charge in [-0.1, -0.05) is 35.9 Å². The summed E-state index contributed by atoms with van der Waals surface area (Å²) in [5.74, 6) is -1.06. The molecule has 5 heteroatoms. The predicted octanol–water partition coefficient (Wildman–Crippen LogP) is 3.59. The van der Waals surface area contributed by atoms with Crippen LogP contribution in [0.4, 0.5) is 0 Å². The highest BCUT2D eigenvalue weighted by Crippen LogP contribution is 2.37. The summed E-state index contributed by atoms with van der Waals surface area (Å²) in [4.78, 5) is 24.9. The summed E-state index contributed by atoms with van der Waals surface area (Å²) in [5, 5.41) is 9.44. The van der Waals surface area contributed by atoms with Gasteiger partial charge in [-0.2, -0.15) is 0 Å². The van der Waals surface area contributed by atoms with Crippen molar-refractivity contribution in [1.82, 2.24) is 4.90 Å².